The van der Waals surface area contributed by atoms with Gasteiger partial charge in [0.05, 0.1) is 5.56 Å². The summed E-state index contributed by atoms with van der Waals surface area (Å²) in [7, 11) is 0. The number of aryl methyl sites for hydroxylation is 1. The van der Waals surface area contributed by atoms with E-state index in [4.69, 9.17) is 4.42 Å². The molecule has 0 amide bonds. The lowest BCUT2D eigenvalue weighted by Crippen LogP contribution is -1.78. The van der Waals surface area contributed by atoms with Crippen LogP contribution in [0.4, 0.5) is 0 Å². The van der Waals surface area contributed by atoms with Crippen LogP contribution in [0.25, 0.3) is 21.9 Å². The molecule has 1 heterocycles. The molecule has 0 spiro atoms. The van der Waals surface area contributed by atoms with Crippen LogP contribution < -0.4 is 0 Å². The summed E-state index contributed by atoms with van der Waals surface area (Å²) in [4.78, 5) is 10.9. The van der Waals surface area contributed by atoms with Gasteiger partial charge in [-0.3, -0.25) is 4.79 Å². The van der Waals surface area contributed by atoms with Gasteiger partial charge in [-0.2, -0.15) is 0 Å². The van der Waals surface area contributed by atoms with E-state index in [1.165, 1.54) is 0 Å². The summed E-state index contributed by atoms with van der Waals surface area (Å²) in [5, 5.41) is 2.07. The minimum Gasteiger partial charge on any atom is -0.455 e. The van der Waals surface area contributed by atoms with Crippen LogP contribution in [-0.4, -0.2) is 6.29 Å². The van der Waals surface area contributed by atoms with E-state index >= 15 is 0 Å². The van der Waals surface area contributed by atoms with Crippen LogP contribution in [0.2, 0.25) is 0 Å². The summed E-state index contributed by atoms with van der Waals surface area (Å²) in [5.41, 5.74) is 3.24. The van der Waals surface area contributed by atoms with Crippen molar-refractivity contribution >= 4 is 28.2 Å². The highest BCUT2D eigenvalue weighted by Gasteiger charge is 2.10. The molecule has 0 atom stereocenters. The van der Waals surface area contributed by atoms with Crippen LogP contribution in [0, 0.1) is 6.92 Å². The Morgan fingerprint density at radius 2 is 1.69 bits per heavy atom. The number of furan rings is 1. The van der Waals surface area contributed by atoms with Crippen LogP contribution >= 0.6 is 0 Å². The molecule has 2 nitrogen and oxygen atoms in total. The highest BCUT2D eigenvalue weighted by molar-refractivity contribution is 6.10. The highest BCUT2D eigenvalue weighted by Crippen LogP contribution is 2.31. The first-order valence-corrected chi connectivity index (χ1v) is 5.17. The molecule has 78 valence electrons. The van der Waals surface area contributed by atoms with Crippen molar-refractivity contribution in [2.75, 3.05) is 0 Å². The van der Waals surface area contributed by atoms with Crippen molar-refractivity contribution in [2.24, 2.45) is 0 Å². The number of hydrogen-bond acceptors (Lipinski definition) is 2. The Morgan fingerprint density at radius 3 is 2.44 bits per heavy atom. The predicted molar refractivity (Wildman–Crippen MR) is 63.8 cm³/mol. The van der Waals surface area contributed by atoms with E-state index in [1.807, 2.05) is 37.3 Å². The molecule has 0 aliphatic carbocycles. The number of hydrogen-bond donors (Lipinski definition) is 0. The lowest BCUT2D eigenvalue weighted by Gasteiger charge is -1.91. The van der Waals surface area contributed by atoms with Crippen molar-refractivity contribution in [2.45, 2.75) is 6.92 Å². The van der Waals surface area contributed by atoms with Gasteiger partial charge in [-0.15, -0.1) is 0 Å². The summed E-state index contributed by atoms with van der Waals surface area (Å²) in [6.07, 6.45) is 0.833. The van der Waals surface area contributed by atoms with E-state index in [1.54, 1.807) is 6.07 Å². The van der Waals surface area contributed by atoms with Gasteiger partial charge in [-0.1, -0.05) is 30.3 Å². The number of para-hydroxylation sites is 2. The molecule has 0 unspecified atom stereocenters. The number of aldehydes is 1. The second-order valence-electron chi connectivity index (χ2n) is 3.90. The summed E-state index contributed by atoms with van der Waals surface area (Å²) in [5.74, 6) is 0. The molecule has 2 aromatic carbocycles. The van der Waals surface area contributed by atoms with Gasteiger partial charge in [-0.25, -0.2) is 0 Å². The number of benzene rings is 2. The van der Waals surface area contributed by atoms with Gasteiger partial charge < -0.3 is 4.42 Å². The maximum absolute atomic E-state index is 10.9. The average Bonchev–Trinajstić information content (AvgIpc) is 2.69. The molecular weight excluding hydrogens is 200 g/mol. The molecule has 0 aliphatic heterocycles. The minimum absolute atomic E-state index is 0.605. The van der Waals surface area contributed by atoms with Gasteiger partial charge in [0.2, 0.25) is 0 Å². The van der Waals surface area contributed by atoms with Crippen molar-refractivity contribution < 1.29 is 9.21 Å². The van der Waals surface area contributed by atoms with Crippen molar-refractivity contribution in [3.8, 4) is 0 Å². The van der Waals surface area contributed by atoms with E-state index in [0.29, 0.717) is 11.1 Å². The Morgan fingerprint density at radius 1 is 1.00 bits per heavy atom. The zero-order valence-electron chi connectivity index (χ0n) is 8.86. The molecule has 1 aromatic heterocycles. The molecule has 0 N–H and O–H groups in total. The third-order valence-corrected chi connectivity index (χ3v) is 2.88. The van der Waals surface area contributed by atoms with E-state index in [-0.39, 0.29) is 0 Å². The molecule has 0 saturated carbocycles. The molecule has 3 aromatic rings. The third kappa shape index (κ3) is 1.10. The Hall–Kier alpha value is -2.09. The minimum atomic E-state index is 0.605. The number of carbonyl (C=O) groups excluding carboxylic acids is 1. The first kappa shape index (κ1) is 9.16. The molecule has 0 aliphatic rings. The molecule has 2 heteroatoms. The third-order valence-electron chi connectivity index (χ3n) is 2.88. The van der Waals surface area contributed by atoms with Gasteiger partial charge in [0.15, 0.2) is 6.29 Å². The quantitative estimate of drug-likeness (QED) is 0.573. The van der Waals surface area contributed by atoms with Crippen LogP contribution in [0.1, 0.15) is 15.9 Å². The SMILES string of the molecule is Cc1cccc2c1oc1c(C=O)cccc12. The van der Waals surface area contributed by atoms with E-state index < -0.39 is 0 Å². The topological polar surface area (TPSA) is 30.2 Å². The van der Waals surface area contributed by atoms with Crippen LogP contribution in [0.15, 0.2) is 40.8 Å². The Balaban J connectivity index is 2.60. The van der Waals surface area contributed by atoms with Crippen LogP contribution in [-0.2, 0) is 0 Å². The normalized spacial score (nSPS) is 11.1. The Bertz CT molecular complexity index is 692. The fraction of sp³-hybridized carbons (Fsp3) is 0.0714. The zero-order chi connectivity index (χ0) is 11.1. The second-order valence-corrected chi connectivity index (χ2v) is 3.90. The summed E-state index contributed by atoms with van der Waals surface area (Å²) < 4.78 is 5.77. The first-order valence-electron chi connectivity index (χ1n) is 5.17. The molecule has 0 saturated heterocycles. The lowest BCUT2D eigenvalue weighted by molar-refractivity contribution is 0.112. The van der Waals surface area contributed by atoms with Gasteiger partial charge in [0.1, 0.15) is 11.2 Å². The standard InChI is InChI=1S/C14H10O2/c1-9-4-2-6-11-12-7-3-5-10(8-15)14(12)16-13(9)11/h2-8H,1H3. The summed E-state index contributed by atoms with van der Waals surface area (Å²) >= 11 is 0. The monoisotopic (exact) mass is 210 g/mol. The van der Waals surface area contributed by atoms with Crippen LogP contribution in [0.3, 0.4) is 0 Å². The number of rotatable bonds is 1. The molecule has 3 rings (SSSR count). The average molecular weight is 210 g/mol. The van der Waals surface area contributed by atoms with E-state index in [0.717, 1.165) is 28.2 Å². The summed E-state index contributed by atoms with van der Waals surface area (Å²) in [6.45, 7) is 2.01. The second kappa shape index (κ2) is 3.20. The molecule has 16 heavy (non-hydrogen) atoms. The smallest absolute Gasteiger partial charge is 0.153 e. The fourth-order valence-corrected chi connectivity index (χ4v) is 2.08. The molecule has 0 bridgehead atoms. The van der Waals surface area contributed by atoms with Gasteiger partial charge in [0.25, 0.3) is 0 Å². The molecule has 0 fully saturated rings. The van der Waals surface area contributed by atoms with Crippen molar-refractivity contribution in [3.05, 3.63) is 47.5 Å². The van der Waals surface area contributed by atoms with Gasteiger partial charge in [0, 0.05) is 10.8 Å². The zero-order valence-corrected chi connectivity index (χ0v) is 8.86. The Kier molecular flexibility index (Phi) is 1.83. The largest absolute Gasteiger partial charge is 0.455 e. The number of fused-ring (bicyclic) bond motifs is 3. The maximum Gasteiger partial charge on any atom is 0.153 e. The maximum atomic E-state index is 10.9. The van der Waals surface area contributed by atoms with Gasteiger partial charge >= 0.3 is 0 Å². The predicted octanol–water partition coefficient (Wildman–Crippen LogP) is 3.71. The van der Waals surface area contributed by atoms with Crippen molar-refractivity contribution in [1.29, 1.82) is 0 Å². The summed E-state index contributed by atoms with van der Waals surface area (Å²) in [6, 6.07) is 11.7. The number of carbonyl (C=O) groups is 1. The van der Waals surface area contributed by atoms with E-state index in [9.17, 15) is 4.79 Å². The van der Waals surface area contributed by atoms with Crippen LogP contribution in [0.5, 0.6) is 0 Å². The Labute approximate surface area is 92.5 Å². The molecular formula is C14H10O2. The van der Waals surface area contributed by atoms with E-state index in [2.05, 4.69) is 0 Å². The fourth-order valence-electron chi connectivity index (χ4n) is 2.08. The lowest BCUT2D eigenvalue weighted by atomic mass is 10.1. The van der Waals surface area contributed by atoms with Crippen molar-refractivity contribution in [3.63, 3.8) is 0 Å². The first-order chi connectivity index (χ1) is 7.81. The molecule has 0 radical (unpaired) electrons. The van der Waals surface area contributed by atoms with Gasteiger partial charge in [-0.05, 0) is 18.6 Å². The highest BCUT2D eigenvalue weighted by atomic mass is 16.3. The van der Waals surface area contributed by atoms with Crippen molar-refractivity contribution in [1.82, 2.24) is 0 Å².